The van der Waals surface area contributed by atoms with Gasteiger partial charge in [0.2, 0.25) is 15.9 Å². The molecular weight excluding hydrogens is 516 g/mol. The zero-order chi connectivity index (χ0) is 26.9. The zero-order valence-corrected chi connectivity index (χ0v) is 23.5. The van der Waals surface area contributed by atoms with Crippen LogP contribution in [0.25, 0.3) is 10.2 Å². The average Bonchev–Trinajstić information content (AvgIpc) is 3.36. The van der Waals surface area contributed by atoms with Crippen LogP contribution in [-0.2, 0) is 21.4 Å². The van der Waals surface area contributed by atoms with Crippen molar-refractivity contribution in [3.8, 4) is 0 Å². The van der Waals surface area contributed by atoms with Gasteiger partial charge in [0, 0.05) is 25.5 Å². The minimum absolute atomic E-state index is 0.109. The van der Waals surface area contributed by atoms with E-state index >= 15 is 0 Å². The lowest BCUT2D eigenvalue weighted by Crippen LogP contribution is -2.46. The fraction of sp³-hybridized carbons (Fsp3) is 0.345. The summed E-state index contributed by atoms with van der Waals surface area (Å²) in [5.41, 5.74) is 3.95. The van der Waals surface area contributed by atoms with Crippen LogP contribution >= 0.6 is 11.3 Å². The van der Waals surface area contributed by atoms with Crippen molar-refractivity contribution in [2.24, 2.45) is 5.92 Å². The van der Waals surface area contributed by atoms with E-state index < -0.39 is 15.9 Å². The zero-order valence-electron chi connectivity index (χ0n) is 21.9. The number of hydrogen-bond donors (Lipinski definition) is 0. The molecule has 5 rings (SSSR count). The first-order chi connectivity index (χ1) is 18.2. The lowest BCUT2D eigenvalue weighted by atomic mass is 9.98. The van der Waals surface area contributed by atoms with Crippen LogP contribution in [0.15, 0.2) is 71.9 Å². The SMILES string of the molecule is Cc1ccc(S(=O)(=O)N2CCCC(C(=O)N(Cc3cccnc3)c3nc4c(C(C)C)cccc4s3)C2)cc1. The number of sulfonamides is 1. The molecule has 1 fully saturated rings. The number of aryl methyl sites for hydroxylation is 1. The second-order valence-corrected chi connectivity index (χ2v) is 13.1. The van der Waals surface area contributed by atoms with Crippen molar-refractivity contribution in [3.05, 3.63) is 83.7 Å². The normalized spacial score (nSPS) is 16.7. The fourth-order valence-corrected chi connectivity index (χ4v) is 7.42. The maximum atomic E-state index is 14.1. The standard InChI is InChI=1S/C29H32N4O3S2/c1-20(2)25-9-4-10-26-27(25)31-29(37-26)33(18-22-7-5-15-30-17-22)28(34)23-8-6-16-32(19-23)38(35,36)24-13-11-21(3)12-14-24/h4-5,7,9-15,17,20,23H,6,8,16,18-19H2,1-3H3. The quantitative estimate of drug-likeness (QED) is 0.293. The molecule has 1 amide bonds. The summed E-state index contributed by atoms with van der Waals surface area (Å²) < 4.78 is 29.3. The van der Waals surface area contributed by atoms with Gasteiger partial charge in [0.25, 0.3) is 0 Å². The van der Waals surface area contributed by atoms with Crippen LogP contribution in [0.5, 0.6) is 0 Å². The molecule has 0 aliphatic carbocycles. The summed E-state index contributed by atoms with van der Waals surface area (Å²) in [5.74, 6) is -0.268. The Labute approximate surface area is 228 Å². The number of nitrogens with zero attached hydrogens (tertiary/aromatic N) is 4. The van der Waals surface area contributed by atoms with E-state index in [9.17, 15) is 13.2 Å². The Morgan fingerprint density at radius 2 is 1.92 bits per heavy atom. The molecule has 0 N–H and O–H groups in total. The molecule has 198 valence electrons. The highest BCUT2D eigenvalue weighted by atomic mass is 32.2. The number of carbonyl (C=O) groups is 1. The highest BCUT2D eigenvalue weighted by Gasteiger charge is 2.36. The summed E-state index contributed by atoms with van der Waals surface area (Å²) >= 11 is 1.49. The van der Waals surface area contributed by atoms with Gasteiger partial charge in [-0.25, -0.2) is 13.4 Å². The number of thiazole rings is 1. The van der Waals surface area contributed by atoms with E-state index in [2.05, 4.69) is 24.9 Å². The molecule has 4 aromatic rings. The van der Waals surface area contributed by atoms with Gasteiger partial charge < -0.3 is 0 Å². The summed E-state index contributed by atoms with van der Waals surface area (Å²) in [4.78, 5) is 25.2. The maximum absolute atomic E-state index is 14.1. The van der Waals surface area contributed by atoms with E-state index in [1.807, 2.05) is 31.2 Å². The van der Waals surface area contributed by atoms with Crippen LogP contribution in [0.2, 0.25) is 0 Å². The fourth-order valence-electron chi connectivity index (χ4n) is 4.90. The predicted octanol–water partition coefficient (Wildman–Crippen LogP) is 5.76. The largest absolute Gasteiger partial charge is 0.283 e. The summed E-state index contributed by atoms with van der Waals surface area (Å²) in [6.07, 6.45) is 4.71. The number of para-hydroxylation sites is 1. The third kappa shape index (κ3) is 5.36. The Bertz CT molecular complexity index is 1530. The molecule has 1 aliphatic heterocycles. The van der Waals surface area contributed by atoms with Gasteiger partial charge in [-0.15, -0.1) is 0 Å². The van der Waals surface area contributed by atoms with Gasteiger partial charge in [0.15, 0.2) is 5.13 Å². The number of benzene rings is 2. The number of fused-ring (bicyclic) bond motifs is 1. The molecule has 2 aromatic heterocycles. The van der Waals surface area contributed by atoms with Crippen LogP contribution in [0.4, 0.5) is 5.13 Å². The lowest BCUT2D eigenvalue weighted by molar-refractivity contribution is -0.123. The first-order valence-electron chi connectivity index (χ1n) is 12.9. The number of piperidine rings is 1. The summed E-state index contributed by atoms with van der Waals surface area (Å²) in [6.45, 7) is 7.08. The number of amides is 1. The van der Waals surface area contributed by atoms with Gasteiger partial charge >= 0.3 is 0 Å². The van der Waals surface area contributed by atoms with Crippen LogP contribution in [-0.4, -0.2) is 41.7 Å². The van der Waals surface area contributed by atoms with Crippen molar-refractivity contribution >= 4 is 42.6 Å². The third-order valence-electron chi connectivity index (χ3n) is 7.01. The monoisotopic (exact) mass is 548 g/mol. The number of aromatic nitrogens is 2. The molecule has 38 heavy (non-hydrogen) atoms. The van der Waals surface area contributed by atoms with Crippen LogP contribution in [0.1, 0.15) is 49.3 Å². The van der Waals surface area contributed by atoms with Gasteiger partial charge in [-0.2, -0.15) is 4.31 Å². The molecule has 1 unspecified atom stereocenters. The van der Waals surface area contributed by atoms with Crippen LogP contribution < -0.4 is 4.90 Å². The minimum Gasteiger partial charge on any atom is -0.283 e. The molecule has 0 radical (unpaired) electrons. The summed E-state index contributed by atoms with van der Waals surface area (Å²) in [7, 11) is -3.69. The van der Waals surface area contributed by atoms with Crippen LogP contribution in [0, 0.1) is 12.8 Å². The smallest absolute Gasteiger partial charge is 0.243 e. The van der Waals surface area contributed by atoms with Crippen molar-refractivity contribution in [1.29, 1.82) is 0 Å². The third-order valence-corrected chi connectivity index (χ3v) is 9.94. The molecule has 2 aromatic carbocycles. The molecule has 0 saturated carbocycles. The first-order valence-corrected chi connectivity index (χ1v) is 15.2. The van der Waals surface area contributed by atoms with Crippen molar-refractivity contribution in [1.82, 2.24) is 14.3 Å². The number of hydrogen-bond acceptors (Lipinski definition) is 6. The lowest BCUT2D eigenvalue weighted by Gasteiger charge is -2.33. The molecule has 7 nitrogen and oxygen atoms in total. The highest BCUT2D eigenvalue weighted by molar-refractivity contribution is 7.89. The molecule has 0 bridgehead atoms. The molecule has 9 heteroatoms. The number of pyridine rings is 1. The average molecular weight is 549 g/mol. The Morgan fingerprint density at radius 3 is 2.63 bits per heavy atom. The Kier molecular flexibility index (Phi) is 7.61. The summed E-state index contributed by atoms with van der Waals surface area (Å²) in [5, 5.41) is 0.625. The Balaban J connectivity index is 1.47. The molecular formula is C29H32N4O3S2. The Morgan fingerprint density at radius 1 is 1.13 bits per heavy atom. The molecule has 1 atom stereocenters. The number of rotatable bonds is 7. The second kappa shape index (κ2) is 10.9. The van der Waals surface area contributed by atoms with Crippen molar-refractivity contribution < 1.29 is 13.2 Å². The topological polar surface area (TPSA) is 83.5 Å². The summed E-state index contributed by atoms with van der Waals surface area (Å²) in [6, 6.07) is 16.8. The van der Waals surface area contributed by atoms with E-state index in [4.69, 9.17) is 4.98 Å². The number of carbonyl (C=O) groups excluding carboxylic acids is 1. The minimum atomic E-state index is -3.69. The molecule has 3 heterocycles. The van der Waals surface area contributed by atoms with Gasteiger partial charge in [-0.05, 0) is 61.1 Å². The van der Waals surface area contributed by atoms with Gasteiger partial charge in [-0.1, -0.05) is 61.1 Å². The van der Waals surface area contributed by atoms with E-state index in [0.29, 0.717) is 37.0 Å². The second-order valence-electron chi connectivity index (χ2n) is 10.1. The number of anilines is 1. The van der Waals surface area contributed by atoms with E-state index in [0.717, 1.165) is 26.9 Å². The van der Waals surface area contributed by atoms with Crippen molar-refractivity contribution in [3.63, 3.8) is 0 Å². The van der Waals surface area contributed by atoms with E-state index in [-0.39, 0.29) is 17.3 Å². The van der Waals surface area contributed by atoms with Gasteiger partial charge in [0.1, 0.15) is 0 Å². The van der Waals surface area contributed by atoms with E-state index in [1.54, 1.807) is 41.6 Å². The van der Waals surface area contributed by atoms with Crippen molar-refractivity contribution in [2.45, 2.75) is 51.0 Å². The molecule has 0 spiro atoms. The van der Waals surface area contributed by atoms with Crippen LogP contribution in [0.3, 0.4) is 0 Å². The predicted molar refractivity (Wildman–Crippen MR) is 152 cm³/mol. The van der Waals surface area contributed by atoms with Gasteiger partial charge in [0.05, 0.1) is 27.6 Å². The first kappa shape index (κ1) is 26.5. The molecule has 1 saturated heterocycles. The Hall–Kier alpha value is -3.14. The highest BCUT2D eigenvalue weighted by Crippen LogP contribution is 2.35. The maximum Gasteiger partial charge on any atom is 0.243 e. The van der Waals surface area contributed by atoms with Gasteiger partial charge in [-0.3, -0.25) is 14.7 Å². The van der Waals surface area contributed by atoms with Crippen molar-refractivity contribution in [2.75, 3.05) is 18.0 Å². The van der Waals surface area contributed by atoms with E-state index in [1.165, 1.54) is 15.6 Å². The molecule has 1 aliphatic rings.